The van der Waals surface area contributed by atoms with Gasteiger partial charge in [0.2, 0.25) is 5.91 Å². The predicted molar refractivity (Wildman–Crippen MR) is 183 cm³/mol. The van der Waals surface area contributed by atoms with Crippen LogP contribution in [0.1, 0.15) is 29.7 Å². The number of ether oxygens (including phenoxy) is 1. The molecular formula is C39H42N4O2. The Morgan fingerprint density at radius 2 is 1.56 bits per heavy atom. The second-order valence-electron chi connectivity index (χ2n) is 12.3. The first-order valence-corrected chi connectivity index (χ1v) is 15.9. The second-order valence-corrected chi connectivity index (χ2v) is 12.3. The van der Waals surface area contributed by atoms with Gasteiger partial charge >= 0.3 is 0 Å². The van der Waals surface area contributed by atoms with Crippen LogP contribution >= 0.6 is 0 Å². The molecule has 6 nitrogen and oxygen atoms in total. The minimum atomic E-state index is -0.405. The minimum absolute atomic E-state index is 0.243. The highest BCUT2D eigenvalue weighted by Crippen LogP contribution is 2.37. The lowest BCUT2D eigenvalue weighted by molar-refractivity contribution is -0.144. The smallest absolute Gasteiger partial charge is 0.229 e. The Labute approximate surface area is 266 Å². The first-order valence-electron chi connectivity index (χ1n) is 15.9. The Hall–Kier alpha value is -4.68. The van der Waals surface area contributed by atoms with Crippen molar-refractivity contribution in [3.05, 3.63) is 132 Å². The zero-order valence-corrected chi connectivity index (χ0v) is 26.3. The fraction of sp³-hybridized carbons (Fsp3) is 0.282. The summed E-state index contributed by atoms with van der Waals surface area (Å²) < 4.78 is 6.23. The highest BCUT2D eigenvalue weighted by molar-refractivity contribution is 5.93. The average molecular weight is 599 g/mol. The molecule has 1 aliphatic heterocycles. The standard InChI is InChI=1S/C39H42N4O2/c1-30-26-37(35-18-9-10-19-36(35)40-30)41-33-16-11-17-34(27-33)45-25-24-43-22-20-39(21-23-43,28-31-12-5-3-6-13-31)38(44)42(2)29-32-14-7-4-8-15-32/h3-19,26-27H,20-25,28-29H2,1-2H3,(H,40,41). The number of fused-ring (bicyclic) bond motifs is 1. The number of likely N-dealkylation sites (tertiary alicyclic amines) is 1. The highest BCUT2D eigenvalue weighted by Gasteiger charge is 2.42. The van der Waals surface area contributed by atoms with Crippen LogP contribution in [0.15, 0.2) is 115 Å². The van der Waals surface area contributed by atoms with E-state index in [0.717, 1.165) is 78.2 Å². The number of hydrogen-bond acceptors (Lipinski definition) is 5. The van der Waals surface area contributed by atoms with Crippen molar-refractivity contribution in [1.82, 2.24) is 14.8 Å². The van der Waals surface area contributed by atoms with Crippen LogP contribution in [0.5, 0.6) is 5.75 Å². The Bertz CT molecular complexity index is 1720. The maximum atomic E-state index is 14.1. The molecule has 0 atom stereocenters. The topological polar surface area (TPSA) is 57.7 Å². The largest absolute Gasteiger partial charge is 0.492 e. The summed E-state index contributed by atoms with van der Waals surface area (Å²) in [5.74, 6) is 1.08. The average Bonchev–Trinajstić information content (AvgIpc) is 3.06. The van der Waals surface area contributed by atoms with E-state index in [9.17, 15) is 4.79 Å². The number of aromatic nitrogens is 1. The van der Waals surface area contributed by atoms with E-state index in [1.54, 1.807) is 0 Å². The van der Waals surface area contributed by atoms with Crippen LogP contribution in [-0.2, 0) is 17.8 Å². The Morgan fingerprint density at radius 1 is 0.867 bits per heavy atom. The van der Waals surface area contributed by atoms with Crippen LogP contribution in [-0.4, -0.2) is 54.0 Å². The van der Waals surface area contributed by atoms with E-state index in [2.05, 4.69) is 69.8 Å². The third kappa shape index (κ3) is 7.52. The summed E-state index contributed by atoms with van der Waals surface area (Å²) in [5, 5.41) is 4.66. The molecule has 4 aromatic carbocycles. The van der Waals surface area contributed by atoms with Crippen molar-refractivity contribution < 1.29 is 9.53 Å². The number of aryl methyl sites for hydroxylation is 1. The molecule has 5 aromatic rings. The van der Waals surface area contributed by atoms with Crippen LogP contribution < -0.4 is 10.1 Å². The van der Waals surface area contributed by atoms with Gasteiger partial charge in [-0.2, -0.15) is 0 Å². The number of para-hydroxylation sites is 1. The van der Waals surface area contributed by atoms with E-state index in [4.69, 9.17) is 4.74 Å². The zero-order chi connectivity index (χ0) is 31.1. The van der Waals surface area contributed by atoms with Gasteiger partial charge in [0.25, 0.3) is 0 Å². The molecule has 0 bridgehead atoms. The first-order chi connectivity index (χ1) is 22.0. The maximum absolute atomic E-state index is 14.1. The molecule has 0 spiro atoms. The van der Waals surface area contributed by atoms with Crippen LogP contribution in [0, 0.1) is 12.3 Å². The van der Waals surface area contributed by atoms with Crippen molar-refractivity contribution >= 4 is 28.2 Å². The third-order valence-corrected chi connectivity index (χ3v) is 8.89. The fourth-order valence-corrected chi connectivity index (χ4v) is 6.51. The number of carbonyl (C=O) groups excluding carboxylic acids is 1. The molecule has 1 saturated heterocycles. The Morgan fingerprint density at radius 3 is 2.31 bits per heavy atom. The van der Waals surface area contributed by atoms with Crippen molar-refractivity contribution in [2.75, 3.05) is 38.6 Å². The molecular weight excluding hydrogens is 556 g/mol. The predicted octanol–water partition coefficient (Wildman–Crippen LogP) is 7.65. The normalized spacial score (nSPS) is 14.6. The molecule has 1 fully saturated rings. The van der Waals surface area contributed by atoms with Crippen LogP contribution in [0.25, 0.3) is 10.9 Å². The van der Waals surface area contributed by atoms with Crippen molar-refractivity contribution in [3.8, 4) is 5.75 Å². The van der Waals surface area contributed by atoms with Gasteiger partial charge in [-0.1, -0.05) is 84.9 Å². The second kappa shape index (κ2) is 14.0. The van der Waals surface area contributed by atoms with Gasteiger partial charge in [-0.3, -0.25) is 14.7 Å². The van der Waals surface area contributed by atoms with Gasteiger partial charge in [-0.05, 0) is 74.7 Å². The van der Waals surface area contributed by atoms with Crippen molar-refractivity contribution in [2.45, 2.75) is 32.7 Å². The van der Waals surface area contributed by atoms with Crippen molar-refractivity contribution in [2.24, 2.45) is 5.41 Å². The number of rotatable bonds is 11. The molecule has 0 radical (unpaired) electrons. The molecule has 230 valence electrons. The number of amides is 1. The van der Waals surface area contributed by atoms with Crippen molar-refractivity contribution in [1.29, 1.82) is 0 Å². The van der Waals surface area contributed by atoms with E-state index in [1.807, 2.05) is 79.5 Å². The third-order valence-electron chi connectivity index (χ3n) is 8.89. The van der Waals surface area contributed by atoms with Crippen LogP contribution in [0.4, 0.5) is 11.4 Å². The Kier molecular flexibility index (Phi) is 9.41. The summed E-state index contributed by atoms with van der Waals surface area (Å²) in [7, 11) is 1.95. The zero-order valence-electron chi connectivity index (χ0n) is 26.3. The minimum Gasteiger partial charge on any atom is -0.492 e. The van der Waals surface area contributed by atoms with E-state index in [1.165, 1.54) is 5.56 Å². The van der Waals surface area contributed by atoms with Gasteiger partial charge in [0, 0.05) is 48.7 Å². The summed E-state index contributed by atoms with van der Waals surface area (Å²) in [6, 6.07) is 39.1. The summed E-state index contributed by atoms with van der Waals surface area (Å²) >= 11 is 0. The lowest BCUT2D eigenvalue weighted by atomic mass is 9.72. The lowest BCUT2D eigenvalue weighted by Gasteiger charge is -2.42. The fourth-order valence-electron chi connectivity index (χ4n) is 6.51. The number of nitrogens with one attached hydrogen (secondary N) is 1. The molecule has 45 heavy (non-hydrogen) atoms. The summed E-state index contributed by atoms with van der Waals surface area (Å²) in [6.07, 6.45) is 2.43. The molecule has 0 unspecified atom stereocenters. The molecule has 0 aliphatic carbocycles. The molecule has 0 saturated carbocycles. The molecule has 1 aliphatic rings. The number of carbonyl (C=O) groups is 1. The number of nitrogens with zero attached hydrogens (tertiary/aromatic N) is 3. The summed E-state index contributed by atoms with van der Waals surface area (Å²) in [5.41, 5.74) is 5.93. The van der Waals surface area contributed by atoms with Crippen LogP contribution in [0.3, 0.4) is 0 Å². The lowest BCUT2D eigenvalue weighted by Crippen LogP contribution is -2.50. The van der Waals surface area contributed by atoms with Crippen molar-refractivity contribution in [3.63, 3.8) is 0 Å². The van der Waals surface area contributed by atoms with E-state index < -0.39 is 5.41 Å². The quantitative estimate of drug-likeness (QED) is 0.169. The monoisotopic (exact) mass is 598 g/mol. The number of piperidine rings is 1. The van der Waals surface area contributed by atoms with E-state index in [0.29, 0.717) is 13.2 Å². The maximum Gasteiger partial charge on any atom is 0.229 e. The summed E-state index contributed by atoms with van der Waals surface area (Å²) in [4.78, 5) is 23.1. The Balaban J connectivity index is 1.06. The molecule has 2 heterocycles. The van der Waals surface area contributed by atoms with Crippen LogP contribution in [0.2, 0.25) is 0 Å². The van der Waals surface area contributed by atoms with E-state index in [-0.39, 0.29) is 5.91 Å². The van der Waals surface area contributed by atoms with Gasteiger partial charge in [-0.25, -0.2) is 0 Å². The van der Waals surface area contributed by atoms with Gasteiger partial charge in [-0.15, -0.1) is 0 Å². The number of pyridine rings is 1. The molecule has 1 amide bonds. The number of anilines is 2. The van der Waals surface area contributed by atoms with Gasteiger partial charge < -0.3 is 15.0 Å². The van der Waals surface area contributed by atoms with E-state index >= 15 is 0 Å². The first kappa shape index (κ1) is 30.4. The highest BCUT2D eigenvalue weighted by atomic mass is 16.5. The van der Waals surface area contributed by atoms with Gasteiger partial charge in [0.05, 0.1) is 10.9 Å². The SMILES string of the molecule is Cc1cc(Nc2cccc(OCCN3CCC(Cc4ccccc4)(C(=O)N(C)Cc4ccccc4)CC3)c2)c2ccccc2n1. The van der Waals surface area contributed by atoms with Gasteiger partial charge in [0.15, 0.2) is 0 Å². The van der Waals surface area contributed by atoms with Gasteiger partial charge in [0.1, 0.15) is 12.4 Å². The molecule has 6 heteroatoms. The molecule has 6 rings (SSSR count). The summed E-state index contributed by atoms with van der Waals surface area (Å²) in [6.45, 7) is 5.80. The number of benzene rings is 4. The number of hydrogen-bond donors (Lipinski definition) is 1. The molecule has 1 N–H and O–H groups in total. The molecule has 1 aromatic heterocycles.